The molecule has 0 aromatic rings. The fourth-order valence-electron chi connectivity index (χ4n) is 2.17. The van der Waals surface area contributed by atoms with E-state index in [1.54, 1.807) is 32.1 Å². The topological polar surface area (TPSA) is 0 Å². The second kappa shape index (κ2) is 3.15. The van der Waals surface area contributed by atoms with Crippen LogP contribution in [0.15, 0.2) is 0 Å². The quantitative estimate of drug-likeness (QED) is 0.443. The molecule has 0 aromatic heterocycles. The van der Waals surface area contributed by atoms with Crippen LogP contribution in [0.4, 0.5) is 0 Å². The molecule has 0 saturated heterocycles. The summed E-state index contributed by atoms with van der Waals surface area (Å²) in [4.78, 5) is 0. The minimum absolute atomic E-state index is 0. The van der Waals surface area contributed by atoms with Crippen molar-refractivity contribution in [2.75, 3.05) is 0 Å². The van der Waals surface area contributed by atoms with E-state index in [0.29, 0.717) is 0 Å². The van der Waals surface area contributed by atoms with Crippen molar-refractivity contribution >= 4 is 51.4 Å². The van der Waals surface area contributed by atoms with Gasteiger partial charge < -0.3 is 0 Å². The van der Waals surface area contributed by atoms with Crippen LogP contribution in [-0.4, -0.2) is 51.4 Å². The van der Waals surface area contributed by atoms with E-state index in [0.717, 1.165) is 0 Å². The maximum atomic E-state index is 1.58. The Balaban J connectivity index is 0.000000320. The van der Waals surface area contributed by atoms with E-state index in [-0.39, 0.29) is 51.4 Å². The number of fused-ring (bicyclic) bond motifs is 2. The van der Waals surface area contributed by atoms with E-state index in [1.165, 1.54) is 11.8 Å². The van der Waals surface area contributed by atoms with Crippen LogP contribution >= 0.6 is 0 Å². The van der Waals surface area contributed by atoms with Gasteiger partial charge in [-0.2, -0.15) is 0 Å². The molecule has 2 bridgehead atoms. The summed E-state index contributed by atoms with van der Waals surface area (Å²) >= 11 is 0. The summed E-state index contributed by atoms with van der Waals surface area (Å²) in [5, 5.41) is 0. The number of rotatable bonds is 0. The Hall–Kier alpha value is 1.64. The van der Waals surface area contributed by atoms with Gasteiger partial charge in [-0.05, 0) is 18.3 Å². The van der Waals surface area contributed by atoms with Crippen molar-refractivity contribution in [2.45, 2.75) is 32.1 Å². The SMILES string of the molecule is C1CC2CCC1C2.[KH]. The van der Waals surface area contributed by atoms with Crippen molar-refractivity contribution in [3.63, 3.8) is 0 Å². The fraction of sp³-hybridized carbons (Fsp3) is 1.00. The molecule has 0 heterocycles. The second-order valence-corrected chi connectivity index (χ2v) is 3.12. The number of hydrogen-bond acceptors (Lipinski definition) is 0. The van der Waals surface area contributed by atoms with Crippen molar-refractivity contribution in [3.8, 4) is 0 Å². The predicted molar refractivity (Wildman–Crippen MR) is 37.2 cm³/mol. The monoisotopic (exact) mass is 136 g/mol. The van der Waals surface area contributed by atoms with Crippen molar-refractivity contribution in [1.29, 1.82) is 0 Å². The predicted octanol–water partition coefficient (Wildman–Crippen LogP) is 1.55. The summed E-state index contributed by atoms with van der Waals surface area (Å²) in [5.41, 5.74) is 0. The summed E-state index contributed by atoms with van der Waals surface area (Å²) in [5.74, 6) is 2.34. The van der Waals surface area contributed by atoms with Crippen LogP contribution in [0.3, 0.4) is 0 Å². The normalized spacial score (nSPS) is 42.0. The van der Waals surface area contributed by atoms with Gasteiger partial charge in [0.25, 0.3) is 0 Å². The third kappa shape index (κ3) is 1.38. The third-order valence-corrected chi connectivity index (χ3v) is 2.63. The van der Waals surface area contributed by atoms with Gasteiger partial charge in [-0.15, -0.1) is 0 Å². The molecule has 0 spiro atoms. The molecule has 0 aromatic carbocycles. The van der Waals surface area contributed by atoms with Crippen LogP contribution in [0.1, 0.15) is 32.1 Å². The molecule has 0 aliphatic heterocycles. The molecule has 42 valence electrons. The Morgan fingerprint density at radius 3 is 1.25 bits per heavy atom. The first kappa shape index (κ1) is 7.74. The summed E-state index contributed by atoms with van der Waals surface area (Å²) in [6.07, 6.45) is 7.82. The molecule has 2 fully saturated rings. The first-order valence-corrected chi connectivity index (χ1v) is 3.45. The van der Waals surface area contributed by atoms with Crippen LogP contribution in [0, 0.1) is 11.8 Å². The molecule has 0 amide bonds. The average Bonchev–Trinajstić information content (AvgIpc) is 2.22. The molecule has 8 heavy (non-hydrogen) atoms. The van der Waals surface area contributed by atoms with Crippen LogP contribution in [0.25, 0.3) is 0 Å². The summed E-state index contributed by atoms with van der Waals surface area (Å²) < 4.78 is 0. The Labute approximate surface area is 93.8 Å². The van der Waals surface area contributed by atoms with Gasteiger partial charge in [0.2, 0.25) is 0 Å². The van der Waals surface area contributed by atoms with Gasteiger partial charge in [-0.1, -0.05) is 25.7 Å². The van der Waals surface area contributed by atoms with Crippen molar-refractivity contribution in [2.24, 2.45) is 11.8 Å². The molecule has 0 N–H and O–H groups in total. The summed E-state index contributed by atoms with van der Waals surface area (Å²) in [7, 11) is 0. The Bertz CT molecular complexity index is 62.5. The van der Waals surface area contributed by atoms with Crippen molar-refractivity contribution < 1.29 is 0 Å². The van der Waals surface area contributed by atoms with E-state index < -0.39 is 0 Å². The molecule has 2 rings (SSSR count). The van der Waals surface area contributed by atoms with Crippen LogP contribution in [-0.2, 0) is 0 Å². The molecule has 0 atom stereocenters. The molecular weight excluding hydrogens is 123 g/mol. The molecule has 2 aliphatic carbocycles. The zero-order valence-electron chi connectivity index (χ0n) is 4.69. The summed E-state index contributed by atoms with van der Waals surface area (Å²) in [6, 6.07) is 0. The number of hydrogen-bond donors (Lipinski definition) is 0. The van der Waals surface area contributed by atoms with Gasteiger partial charge in [0.1, 0.15) is 0 Å². The maximum absolute atomic E-state index is 1.58. The first-order valence-electron chi connectivity index (χ1n) is 3.45. The van der Waals surface area contributed by atoms with Gasteiger partial charge >= 0.3 is 51.4 Å². The van der Waals surface area contributed by atoms with Gasteiger partial charge in [0, 0.05) is 0 Å². The van der Waals surface area contributed by atoms with E-state index in [4.69, 9.17) is 0 Å². The van der Waals surface area contributed by atoms with Crippen molar-refractivity contribution in [3.05, 3.63) is 0 Å². The van der Waals surface area contributed by atoms with Gasteiger partial charge in [-0.3, -0.25) is 0 Å². The van der Waals surface area contributed by atoms with Gasteiger partial charge in [-0.25, -0.2) is 0 Å². The van der Waals surface area contributed by atoms with E-state index >= 15 is 0 Å². The molecule has 0 radical (unpaired) electrons. The third-order valence-electron chi connectivity index (χ3n) is 2.63. The molecule has 1 heteroatoms. The molecular formula is C7H13K. The molecule has 0 unspecified atom stereocenters. The van der Waals surface area contributed by atoms with Crippen LogP contribution < -0.4 is 0 Å². The zero-order valence-corrected chi connectivity index (χ0v) is 4.69. The molecule has 0 nitrogen and oxygen atoms in total. The Kier molecular flexibility index (Phi) is 3.05. The van der Waals surface area contributed by atoms with E-state index in [9.17, 15) is 0 Å². The van der Waals surface area contributed by atoms with Crippen molar-refractivity contribution in [1.82, 2.24) is 0 Å². The average molecular weight is 136 g/mol. The molecule has 2 aliphatic rings. The van der Waals surface area contributed by atoms with E-state index in [1.807, 2.05) is 0 Å². The van der Waals surface area contributed by atoms with E-state index in [2.05, 4.69) is 0 Å². The Morgan fingerprint density at radius 1 is 0.750 bits per heavy atom. The van der Waals surface area contributed by atoms with Gasteiger partial charge in [0.15, 0.2) is 0 Å². The molecule has 2 saturated carbocycles. The first-order chi connectivity index (χ1) is 3.45. The second-order valence-electron chi connectivity index (χ2n) is 3.12. The standard InChI is InChI=1S/C7H12.K.H/c1-2-7-4-3-6(1)5-7;;/h6-7H,1-5H2;;. The Morgan fingerprint density at radius 2 is 1.12 bits per heavy atom. The minimum atomic E-state index is 0. The zero-order chi connectivity index (χ0) is 4.69. The van der Waals surface area contributed by atoms with Gasteiger partial charge in [0.05, 0.1) is 0 Å². The van der Waals surface area contributed by atoms with Crippen LogP contribution in [0.2, 0.25) is 0 Å². The summed E-state index contributed by atoms with van der Waals surface area (Å²) in [6.45, 7) is 0. The fourth-order valence-corrected chi connectivity index (χ4v) is 2.17. The van der Waals surface area contributed by atoms with Crippen LogP contribution in [0.5, 0.6) is 0 Å².